The molecule has 1 aromatic rings. The fourth-order valence-electron chi connectivity index (χ4n) is 2.75. The number of para-hydroxylation sites is 1. The topological polar surface area (TPSA) is 63.2 Å². The third-order valence-electron chi connectivity index (χ3n) is 4.02. The largest absolute Gasteiger partial charge is 0.493 e. The number of aliphatic hydroxyl groups is 1. The third-order valence-corrected chi connectivity index (χ3v) is 4.02. The number of morpholine rings is 1. The van der Waals surface area contributed by atoms with Crippen LogP contribution >= 0.6 is 0 Å². The van der Waals surface area contributed by atoms with E-state index in [2.05, 4.69) is 16.8 Å². The van der Waals surface area contributed by atoms with Crippen LogP contribution in [-0.2, 0) is 11.3 Å². The fraction of sp³-hybridized carbons (Fsp3) is 0.579. The van der Waals surface area contributed by atoms with Gasteiger partial charge in [-0.05, 0) is 13.0 Å². The van der Waals surface area contributed by atoms with Crippen LogP contribution in [0.2, 0.25) is 0 Å². The lowest BCUT2D eigenvalue weighted by molar-refractivity contribution is 0.00436. The number of rotatable bonds is 10. The zero-order chi connectivity index (χ0) is 18.1. The molecule has 2 N–H and O–H groups in total. The van der Waals surface area contributed by atoms with Crippen LogP contribution in [0, 0.1) is 0 Å². The average molecular weight is 350 g/mol. The van der Waals surface area contributed by atoms with Gasteiger partial charge in [0, 0.05) is 38.3 Å². The Morgan fingerprint density at radius 2 is 2.16 bits per heavy atom. The van der Waals surface area contributed by atoms with Crippen molar-refractivity contribution in [2.75, 3.05) is 53.1 Å². The minimum Gasteiger partial charge on any atom is -0.493 e. The Labute approximate surface area is 150 Å². The van der Waals surface area contributed by atoms with Gasteiger partial charge in [-0.3, -0.25) is 4.90 Å². The molecule has 6 nitrogen and oxygen atoms in total. The highest BCUT2D eigenvalue weighted by Crippen LogP contribution is 2.31. The highest BCUT2D eigenvalue weighted by atomic mass is 16.5. The molecule has 1 saturated heterocycles. The van der Waals surface area contributed by atoms with E-state index < -0.39 is 6.10 Å². The number of nitrogens with one attached hydrogen (secondary N) is 1. The molecule has 1 aliphatic heterocycles. The number of hydrogen-bond donors (Lipinski definition) is 2. The molecule has 140 valence electrons. The Hall–Kier alpha value is -1.60. The van der Waals surface area contributed by atoms with Gasteiger partial charge in [0.05, 0.1) is 20.3 Å². The molecule has 2 rings (SSSR count). The molecule has 0 spiro atoms. The summed E-state index contributed by atoms with van der Waals surface area (Å²) in [6.45, 7) is 11.2. The minimum absolute atomic E-state index is 0.227. The summed E-state index contributed by atoms with van der Waals surface area (Å²) in [5.41, 5.74) is 2.07. The van der Waals surface area contributed by atoms with Crippen molar-refractivity contribution in [2.45, 2.75) is 19.6 Å². The van der Waals surface area contributed by atoms with E-state index >= 15 is 0 Å². The number of aliphatic hydroxyl groups excluding tert-OH is 1. The molecule has 1 aliphatic rings. The molecule has 1 aromatic carbocycles. The Kier molecular flexibility index (Phi) is 8.21. The highest BCUT2D eigenvalue weighted by molar-refractivity contribution is 5.46. The summed E-state index contributed by atoms with van der Waals surface area (Å²) < 4.78 is 16.7. The molecule has 1 heterocycles. The van der Waals surface area contributed by atoms with E-state index in [4.69, 9.17) is 14.2 Å². The number of β-amino-alcohol motifs (C(OH)–C–C–N with tert-alkyl or cyclic N) is 1. The number of hydrogen-bond acceptors (Lipinski definition) is 6. The maximum atomic E-state index is 10.3. The molecule has 25 heavy (non-hydrogen) atoms. The van der Waals surface area contributed by atoms with Crippen molar-refractivity contribution in [3.05, 3.63) is 35.9 Å². The van der Waals surface area contributed by atoms with E-state index in [9.17, 15) is 5.11 Å². The van der Waals surface area contributed by atoms with E-state index in [0.29, 0.717) is 24.6 Å². The normalized spacial score (nSPS) is 16.4. The molecule has 1 unspecified atom stereocenters. The SMILES string of the molecule is C=C(C)CNCc1cccc(OC)c1OCC(O)CN1CCOCC1. The molecule has 0 amide bonds. The summed E-state index contributed by atoms with van der Waals surface area (Å²) in [6, 6.07) is 5.80. The van der Waals surface area contributed by atoms with Crippen molar-refractivity contribution >= 4 is 0 Å². The van der Waals surface area contributed by atoms with Crippen molar-refractivity contribution in [1.29, 1.82) is 0 Å². The number of ether oxygens (including phenoxy) is 3. The first-order chi connectivity index (χ1) is 12.1. The van der Waals surface area contributed by atoms with Gasteiger partial charge in [-0.25, -0.2) is 0 Å². The maximum Gasteiger partial charge on any atom is 0.165 e. The summed E-state index contributed by atoms with van der Waals surface area (Å²) in [4.78, 5) is 2.19. The maximum absolute atomic E-state index is 10.3. The van der Waals surface area contributed by atoms with Gasteiger partial charge in [0.25, 0.3) is 0 Å². The second-order valence-corrected chi connectivity index (χ2v) is 6.39. The minimum atomic E-state index is -0.556. The summed E-state index contributed by atoms with van der Waals surface area (Å²) >= 11 is 0. The van der Waals surface area contributed by atoms with Gasteiger partial charge in [-0.2, -0.15) is 0 Å². The molecular weight excluding hydrogens is 320 g/mol. The van der Waals surface area contributed by atoms with Crippen LogP contribution < -0.4 is 14.8 Å². The summed E-state index contributed by atoms with van der Waals surface area (Å²) in [6.07, 6.45) is -0.556. The van der Waals surface area contributed by atoms with Gasteiger partial charge in [0.2, 0.25) is 0 Å². The van der Waals surface area contributed by atoms with E-state index in [1.807, 2.05) is 25.1 Å². The average Bonchev–Trinajstić information content (AvgIpc) is 2.60. The Bertz CT molecular complexity index is 544. The predicted octanol–water partition coefficient (Wildman–Crippen LogP) is 1.43. The quantitative estimate of drug-likeness (QED) is 0.623. The van der Waals surface area contributed by atoms with E-state index in [-0.39, 0.29) is 6.61 Å². The predicted molar refractivity (Wildman–Crippen MR) is 98.3 cm³/mol. The molecule has 6 heteroatoms. The smallest absolute Gasteiger partial charge is 0.165 e. The van der Waals surface area contributed by atoms with Crippen molar-refractivity contribution in [1.82, 2.24) is 10.2 Å². The first-order valence-corrected chi connectivity index (χ1v) is 8.72. The lowest BCUT2D eigenvalue weighted by atomic mass is 10.1. The highest BCUT2D eigenvalue weighted by Gasteiger charge is 2.17. The summed E-state index contributed by atoms with van der Waals surface area (Å²) in [5, 5.41) is 13.6. The monoisotopic (exact) mass is 350 g/mol. The van der Waals surface area contributed by atoms with Gasteiger partial charge < -0.3 is 24.6 Å². The Morgan fingerprint density at radius 1 is 1.40 bits per heavy atom. The molecule has 0 bridgehead atoms. The van der Waals surface area contributed by atoms with Crippen LogP contribution in [0.4, 0.5) is 0 Å². The van der Waals surface area contributed by atoms with Gasteiger partial charge in [-0.1, -0.05) is 24.3 Å². The molecule has 1 atom stereocenters. The zero-order valence-corrected chi connectivity index (χ0v) is 15.3. The first kappa shape index (κ1) is 19.7. The van der Waals surface area contributed by atoms with Crippen LogP contribution in [0.15, 0.2) is 30.4 Å². The zero-order valence-electron chi connectivity index (χ0n) is 15.3. The van der Waals surface area contributed by atoms with E-state index in [0.717, 1.165) is 44.0 Å². The van der Waals surface area contributed by atoms with Crippen molar-refractivity contribution in [3.8, 4) is 11.5 Å². The molecule has 0 saturated carbocycles. The molecule has 0 aromatic heterocycles. The van der Waals surface area contributed by atoms with Crippen LogP contribution in [0.3, 0.4) is 0 Å². The van der Waals surface area contributed by atoms with Gasteiger partial charge in [0.15, 0.2) is 11.5 Å². The van der Waals surface area contributed by atoms with Crippen LogP contribution in [0.5, 0.6) is 11.5 Å². The van der Waals surface area contributed by atoms with Crippen molar-refractivity contribution in [2.24, 2.45) is 0 Å². The third kappa shape index (κ3) is 6.66. The lowest BCUT2D eigenvalue weighted by Gasteiger charge is -2.28. The second kappa shape index (κ2) is 10.4. The van der Waals surface area contributed by atoms with E-state index in [1.165, 1.54) is 0 Å². The van der Waals surface area contributed by atoms with Gasteiger partial charge in [0.1, 0.15) is 12.7 Å². The van der Waals surface area contributed by atoms with Crippen LogP contribution in [0.25, 0.3) is 0 Å². The van der Waals surface area contributed by atoms with Gasteiger partial charge >= 0.3 is 0 Å². The van der Waals surface area contributed by atoms with E-state index in [1.54, 1.807) is 7.11 Å². The van der Waals surface area contributed by atoms with Gasteiger partial charge in [-0.15, -0.1) is 0 Å². The summed E-state index contributed by atoms with van der Waals surface area (Å²) in [7, 11) is 1.62. The Morgan fingerprint density at radius 3 is 2.84 bits per heavy atom. The lowest BCUT2D eigenvalue weighted by Crippen LogP contribution is -2.42. The number of nitrogens with zero attached hydrogens (tertiary/aromatic N) is 1. The van der Waals surface area contributed by atoms with Crippen LogP contribution in [0.1, 0.15) is 12.5 Å². The molecule has 0 aliphatic carbocycles. The standard InChI is InChI=1S/C19H30N2O4/c1-15(2)11-20-12-16-5-4-6-18(23-3)19(16)25-14-17(22)13-21-7-9-24-10-8-21/h4-6,17,20,22H,1,7-14H2,2-3H3. The van der Waals surface area contributed by atoms with Crippen LogP contribution in [-0.4, -0.2) is 69.2 Å². The van der Waals surface area contributed by atoms with Crippen molar-refractivity contribution in [3.63, 3.8) is 0 Å². The summed E-state index contributed by atoms with van der Waals surface area (Å²) in [5.74, 6) is 1.36. The number of methoxy groups -OCH3 is 1. The fourth-order valence-corrected chi connectivity index (χ4v) is 2.75. The number of benzene rings is 1. The van der Waals surface area contributed by atoms with Crippen molar-refractivity contribution < 1.29 is 19.3 Å². The molecule has 0 radical (unpaired) electrons. The molecular formula is C19H30N2O4. The molecule has 1 fully saturated rings. The Balaban J connectivity index is 1.92. The second-order valence-electron chi connectivity index (χ2n) is 6.39. The first-order valence-electron chi connectivity index (χ1n) is 8.72.